The van der Waals surface area contributed by atoms with Crippen molar-refractivity contribution in [2.24, 2.45) is 0 Å². The Morgan fingerprint density at radius 2 is 2.18 bits per heavy atom. The average Bonchev–Trinajstić information content (AvgIpc) is 2.54. The summed E-state index contributed by atoms with van der Waals surface area (Å²) in [6.45, 7) is 5.21. The molecule has 1 saturated heterocycles. The van der Waals surface area contributed by atoms with Gasteiger partial charge in [0, 0.05) is 12.5 Å². The van der Waals surface area contributed by atoms with Crippen molar-refractivity contribution in [1.82, 2.24) is 14.9 Å². The molecule has 2 atom stereocenters. The molecule has 1 aliphatic carbocycles. The quantitative estimate of drug-likeness (QED) is 0.839. The number of nitrogens with zero attached hydrogens (tertiary/aromatic N) is 3. The van der Waals surface area contributed by atoms with Crippen LogP contribution >= 0.6 is 11.6 Å². The molecule has 1 aromatic heterocycles. The summed E-state index contributed by atoms with van der Waals surface area (Å²) in [5.41, 5.74) is 0.326. The van der Waals surface area contributed by atoms with E-state index in [-0.39, 0.29) is 24.0 Å². The highest BCUT2D eigenvalue weighted by molar-refractivity contribution is 6.33. The molecule has 1 amide bonds. The summed E-state index contributed by atoms with van der Waals surface area (Å²) >= 11 is 6.19. The van der Waals surface area contributed by atoms with Crippen molar-refractivity contribution in [1.29, 1.82) is 0 Å². The number of rotatable bonds is 2. The highest BCUT2D eigenvalue weighted by Gasteiger charge is 2.38. The molecule has 6 heteroatoms. The third kappa shape index (κ3) is 2.97. The molecule has 5 nitrogen and oxygen atoms in total. The SMILES string of the molecule is CC(C)c1ncc(Cl)c(C(=O)N2CCO[C@@H]3CCCC[C@H]32)n1. The van der Waals surface area contributed by atoms with Crippen LogP contribution in [-0.4, -0.2) is 46.1 Å². The zero-order valence-corrected chi connectivity index (χ0v) is 13.8. The van der Waals surface area contributed by atoms with Gasteiger partial charge in [-0.05, 0) is 12.8 Å². The fraction of sp³-hybridized carbons (Fsp3) is 0.688. The third-order valence-corrected chi connectivity index (χ3v) is 4.75. The van der Waals surface area contributed by atoms with E-state index < -0.39 is 0 Å². The fourth-order valence-corrected chi connectivity index (χ4v) is 3.47. The van der Waals surface area contributed by atoms with Crippen LogP contribution < -0.4 is 0 Å². The Balaban J connectivity index is 1.87. The van der Waals surface area contributed by atoms with Gasteiger partial charge in [-0.2, -0.15) is 0 Å². The van der Waals surface area contributed by atoms with Crippen LogP contribution in [0.2, 0.25) is 5.02 Å². The first-order chi connectivity index (χ1) is 10.6. The summed E-state index contributed by atoms with van der Waals surface area (Å²) in [6.07, 6.45) is 6.05. The Morgan fingerprint density at radius 1 is 1.41 bits per heavy atom. The molecule has 0 radical (unpaired) electrons. The van der Waals surface area contributed by atoms with E-state index in [0.29, 0.717) is 29.7 Å². The molecule has 1 aliphatic heterocycles. The Kier molecular flexibility index (Phi) is 4.64. The average molecular weight is 324 g/mol. The Hall–Kier alpha value is -1.20. The standard InChI is InChI=1S/C16H22ClN3O2/c1-10(2)15-18-9-11(17)14(19-15)16(21)20-7-8-22-13-6-4-3-5-12(13)20/h9-10,12-13H,3-8H2,1-2H3/t12-,13-/m1/s1. The van der Waals surface area contributed by atoms with Crippen molar-refractivity contribution >= 4 is 17.5 Å². The lowest BCUT2D eigenvalue weighted by atomic mass is 9.90. The maximum absolute atomic E-state index is 12.9. The van der Waals surface area contributed by atoms with Crippen LogP contribution in [0.15, 0.2) is 6.20 Å². The third-order valence-electron chi connectivity index (χ3n) is 4.47. The minimum atomic E-state index is -0.0884. The van der Waals surface area contributed by atoms with E-state index in [2.05, 4.69) is 9.97 Å². The topological polar surface area (TPSA) is 55.3 Å². The van der Waals surface area contributed by atoms with Crippen molar-refractivity contribution in [3.63, 3.8) is 0 Å². The molecule has 1 aromatic rings. The number of fused-ring (bicyclic) bond motifs is 1. The van der Waals surface area contributed by atoms with E-state index in [1.165, 1.54) is 12.6 Å². The van der Waals surface area contributed by atoms with Gasteiger partial charge in [-0.15, -0.1) is 0 Å². The van der Waals surface area contributed by atoms with Gasteiger partial charge in [0.25, 0.3) is 5.91 Å². The molecule has 2 fully saturated rings. The minimum Gasteiger partial charge on any atom is -0.374 e. The van der Waals surface area contributed by atoms with E-state index in [1.54, 1.807) is 0 Å². The van der Waals surface area contributed by atoms with Crippen LogP contribution in [-0.2, 0) is 4.74 Å². The number of amides is 1. The molecule has 0 N–H and O–H groups in total. The molecule has 22 heavy (non-hydrogen) atoms. The predicted octanol–water partition coefficient (Wildman–Crippen LogP) is 3.04. The Morgan fingerprint density at radius 3 is 2.95 bits per heavy atom. The van der Waals surface area contributed by atoms with E-state index >= 15 is 0 Å². The lowest BCUT2D eigenvalue weighted by Crippen LogP contribution is -2.55. The zero-order valence-electron chi connectivity index (χ0n) is 13.1. The summed E-state index contributed by atoms with van der Waals surface area (Å²) in [5, 5.41) is 0.327. The van der Waals surface area contributed by atoms with Gasteiger partial charge in [-0.1, -0.05) is 38.3 Å². The summed E-state index contributed by atoms with van der Waals surface area (Å²) in [4.78, 5) is 23.5. The van der Waals surface area contributed by atoms with E-state index in [4.69, 9.17) is 16.3 Å². The molecular weight excluding hydrogens is 302 g/mol. The van der Waals surface area contributed by atoms with Crippen molar-refractivity contribution in [3.05, 3.63) is 22.7 Å². The molecular formula is C16H22ClN3O2. The lowest BCUT2D eigenvalue weighted by Gasteiger charge is -2.43. The van der Waals surface area contributed by atoms with Gasteiger partial charge in [-0.3, -0.25) is 4.79 Å². The van der Waals surface area contributed by atoms with E-state index in [9.17, 15) is 4.79 Å². The molecule has 2 heterocycles. The van der Waals surface area contributed by atoms with E-state index in [0.717, 1.165) is 19.3 Å². The van der Waals surface area contributed by atoms with Gasteiger partial charge >= 0.3 is 0 Å². The molecule has 3 rings (SSSR count). The maximum atomic E-state index is 12.9. The first kappa shape index (κ1) is 15.7. The lowest BCUT2D eigenvalue weighted by molar-refractivity contribution is -0.0754. The van der Waals surface area contributed by atoms with Gasteiger partial charge in [-0.25, -0.2) is 9.97 Å². The minimum absolute atomic E-state index is 0.0884. The smallest absolute Gasteiger partial charge is 0.274 e. The Bertz CT molecular complexity index is 562. The van der Waals surface area contributed by atoms with Crippen LogP contribution in [0.4, 0.5) is 0 Å². The second kappa shape index (κ2) is 6.50. The number of hydrogen-bond donors (Lipinski definition) is 0. The number of aromatic nitrogens is 2. The van der Waals surface area contributed by atoms with Crippen LogP contribution in [0.3, 0.4) is 0 Å². The molecule has 0 bridgehead atoms. The van der Waals surface area contributed by atoms with E-state index in [1.807, 2.05) is 18.7 Å². The number of halogens is 1. The van der Waals surface area contributed by atoms with Crippen LogP contribution in [0.25, 0.3) is 0 Å². The van der Waals surface area contributed by atoms with Gasteiger partial charge in [0.05, 0.1) is 30.0 Å². The van der Waals surface area contributed by atoms with Crippen LogP contribution in [0, 0.1) is 0 Å². The first-order valence-electron chi connectivity index (χ1n) is 8.03. The van der Waals surface area contributed by atoms with Crippen molar-refractivity contribution in [3.8, 4) is 0 Å². The monoisotopic (exact) mass is 323 g/mol. The molecule has 0 spiro atoms. The summed E-state index contributed by atoms with van der Waals surface area (Å²) in [6, 6.07) is 0.156. The summed E-state index contributed by atoms with van der Waals surface area (Å²) < 4.78 is 5.83. The second-order valence-corrected chi connectivity index (χ2v) is 6.75. The normalized spacial score (nSPS) is 25.2. The predicted molar refractivity (Wildman–Crippen MR) is 84.2 cm³/mol. The van der Waals surface area contributed by atoms with Gasteiger partial charge in [0.1, 0.15) is 5.82 Å². The zero-order chi connectivity index (χ0) is 15.7. The highest BCUT2D eigenvalue weighted by Crippen LogP contribution is 2.30. The van der Waals surface area contributed by atoms with Crippen molar-refractivity contribution in [2.45, 2.75) is 57.6 Å². The Labute approximate surface area is 136 Å². The number of hydrogen-bond acceptors (Lipinski definition) is 4. The molecule has 0 aromatic carbocycles. The van der Waals surface area contributed by atoms with Crippen LogP contribution in [0.5, 0.6) is 0 Å². The number of carbonyl (C=O) groups is 1. The maximum Gasteiger partial charge on any atom is 0.274 e. The highest BCUT2D eigenvalue weighted by atomic mass is 35.5. The van der Waals surface area contributed by atoms with Crippen molar-refractivity contribution < 1.29 is 9.53 Å². The molecule has 120 valence electrons. The molecule has 0 unspecified atom stereocenters. The first-order valence-corrected chi connectivity index (χ1v) is 8.40. The van der Waals surface area contributed by atoms with Gasteiger partial charge in [0.2, 0.25) is 0 Å². The number of carbonyl (C=O) groups excluding carboxylic acids is 1. The summed E-state index contributed by atoms with van der Waals surface area (Å²) in [7, 11) is 0. The fourth-order valence-electron chi connectivity index (χ4n) is 3.29. The molecule has 1 saturated carbocycles. The summed E-state index contributed by atoms with van der Waals surface area (Å²) in [5.74, 6) is 0.728. The second-order valence-electron chi connectivity index (χ2n) is 6.34. The number of ether oxygens (including phenoxy) is 1. The molecule has 2 aliphatic rings. The largest absolute Gasteiger partial charge is 0.374 e. The van der Waals surface area contributed by atoms with Gasteiger partial charge in [0.15, 0.2) is 5.69 Å². The van der Waals surface area contributed by atoms with Gasteiger partial charge < -0.3 is 9.64 Å². The van der Waals surface area contributed by atoms with Crippen molar-refractivity contribution in [2.75, 3.05) is 13.2 Å². The van der Waals surface area contributed by atoms with Crippen LogP contribution in [0.1, 0.15) is 61.8 Å². The number of morpholine rings is 1.